The molecule has 5 nitrogen and oxygen atoms in total. The Morgan fingerprint density at radius 1 is 1.57 bits per heavy atom. The fourth-order valence-corrected chi connectivity index (χ4v) is 0.788. The Balaban J connectivity index is 3.35. The minimum atomic E-state index is -3.03. The Labute approximate surface area is 75.5 Å². The number of halogens is 3. The zero-order valence-electron chi connectivity index (χ0n) is 6.58. The second-order valence-electron chi connectivity index (χ2n) is 2.33. The highest BCUT2D eigenvalue weighted by Gasteiger charge is 2.25. The summed E-state index contributed by atoms with van der Waals surface area (Å²) in [5, 5.41) is 10.2. The van der Waals surface area contributed by atoms with Crippen molar-refractivity contribution >= 4 is 11.5 Å². The first-order valence-corrected chi connectivity index (χ1v) is 3.32. The summed E-state index contributed by atoms with van der Waals surface area (Å²) in [6.07, 6.45) is -3.03. The van der Waals surface area contributed by atoms with Crippen molar-refractivity contribution in [3.8, 4) is 0 Å². The highest BCUT2D eigenvalue weighted by Crippen LogP contribution is 2.26. The molecule has 0 amide bonds. The molecule has 2 N–H and O–H groups in total. The normalized spacial score (nSPS) is 10.6. The smallest absolute Gasteiger partial charge is 0.396 e. The molecule has 0 fully saturated rings. The van der Waals surface area contributed by atoms with E-state index in [1.807, 2.05) is 0 Å². The van der Waals surface area contributed by atoms with Crippen molar-refractivity contribution in [2.45, 2.75) is 6.43 Å². The lowest BCUT2D eigenvalue weighted by Crippen LogP contribution is -2.04. The third kappa shape index (κ3) is 1.73. The van der Waals surface area contributed by atoms with Crippen LogP contribution in [0.1, 0.15) is 12.1 Å². The Bertz CT molecular complexity index is 383. The second kappa shape index (κ2) is 3.48. The lowest BCUT2D eigenvalue weighted by Gasteiger charge is -1.99. The summed E-state index contributed by atoms with van der Waals surface area (Å²) >= 11 is 0. The van der Waals surface area contributed by atoms with E-state index in [1.165, 1.54) is 0 Å². The van der Waals surface area contributed by atoms with Gasteiger partial charge < -0.3 is 15.8 Å². The quantitative estimate of drug-likeness (QED) is 0.590. The first kappa shape index (κ1) is 10.2. The largest absolute Gasteiger partial charge is 0.402 e. The predicted octanol–water partition coefficient (Wildman–Crippen LogP) is 1.65. The van der Waals surface area contributed by atoms with Gasteiger partial charge in [-0.25, -0.2) is 8.78 Å². The van der Waals surface area contributed by atoms with E-state index in [0.29, 0.717) is 6.07 Å². The number of nitro groups is 1. The molecule has 76 valence electrons. The van der Waals surface area contributed by atoms with Crippen LogP contribution >= 0.6 is 0 Å². The Morgan fingerprint density at radius 2 is 2.14 bits per heavy atom. The average molecular weight is 207 g/mol. The van der Waals surface area contributed by atoms with Gasteiger partial charge in [0.25, 0.3) is 0 Å². The van der Waals surface area contributed by atoms with E-state index in [4.69, 9.17) is 5.73 Å². The topological polar surface area (TPSA) is 82.0 Å². The van der Waals surface area contributed by atoms with Crippen molar-refractivity contribution in [1.29, 1.82) is 0 Å². The third-order valence-electron chi connectivity index (χ3n) is 1.38. The number of aromatic nitrogens is 1. The van der Waals surface area contributed by atoms with Crippen LogP contribution in [0.5, 0.6) is 0 Å². The van der Waals surface area contributed by atoms with Crippen molar-refractivity contribution in [2.75, 3.05) is 5.73 Å². The van der Waals surface area contributed by atoms with Gasteiger partial charge in [0.2, 0.25) is 11.5 Å². The summed E-state index contributed by atoms with van der Waals surface area (Å²) in [6.45, 7) is 0. The molecule has 14 heavy (non-hydrogen) atoms. The van der Waals surface area contributed by atoms with Gasteiger partial charge in [-0.15, -0.1) is 0 Å². The van der Waals surface area contributed by atoms with E-state index in [1.54, 1.807) is 0 Å². The molecule has 8 heteroatoms. The molecule has 0 aliphatic carbocycles. The first-order chi connectivity index (χ1) is 6.43. The molecule has 0 aromatic carbocycles. The fourth-order valence-electron chi connectivity index (χ4n) is 0.788. The number of nitrogens with zero attached hydrogens (tertiary/aromatic N) is 2. The lowest BCUT2D eigenvalue weighted by molar-refractivity contribution is -0.392. The molecular weight excluding hydrogens is 203 g/mol. The molecule has 1 rings (SSSR count). The van der Waals surface area contributed by atoms with Crippen LogP contribution < -0.4 is 5.73 Å². The van der Waals surface area contributed by atoms with Crippen LogP contribution in [0.3, 0.4) is 0 Å². The Morgan fingerprint density at radius 3 is 2.57 bits per heavy atom. The molecule has 0 atom stereocenters. The number of hydrogen-bond donors (Lipinski definition) is 1. The third-order valence-corrected chi connectivity index (χ3v) is 1.38. The molecule has 1 aromatic heterocycles. The van der Waals surface area contributed by atoms with Gasteiger partial charge in [-0.1, -0.05) is 0 Å². The van der Waals surface area contributed by atoms with Gasteiger partial charge in [0.05, 0.1) is 5.69 Å². The molecule has 0 aliphatic heterocycles. The summed E-state index contributed by atoms with van der Waals surface area (Å²) in [6, 6.07) is 0.562. The molecule has 0 saturated heterocycles. The van der Waals surface area contributed by atoms with Crippen molar-refractivity contribution in [2.24, 2.45) is 0 Å². The van der Waals surface area contributed by atoms with Gasteiger partial charge in [-0.2, -0.15) is 4.39 Å². The number of nitrogen functional groups attached to an aromatic ring is 1. The molecule has 0 radical (unpaired) electrons. The number of hydrogen-bond acceptors (Lipinski definition) is 4. The van der Waals surface area contributed by atoms with Crippen LogP contribution in [0.4, 0.5) is 24.7 Å². The molecule has 1 aromatic rings. The highest BCUT2D eigenvalue weighted by atomic mass is 19.3. The van der Waals surface area contributed by atoms with Crippen LogP contribution in [0.15, 0.2) is 6.07 Å². The predicted molar refractivity (Wildman–Crippen MR) is 40.2 cm³/mol. The van der Waals surface area contributed by atoms with Crippen molar-refractivity contribution in [3.63, 3.8) is 0 Å². The molecule has 0 unspecified atom stereocenters. The molecule has 0 bridgehead atoms. The first-order valence-electron chi connectivity index (χ1n) is 3.32. The van der Waals surface area contributed by atoms with Crippen molar-refractivity contribution in [1.82, 2.24) is 4.98 Å². The molecule has 0 spiro atoms. The zero-order chi connectivity index (χ0) is 10.9. The Hall–Kier alpha value is -1.86. The van der Waals surface area contributed by atoms with Crippen LogP contribution in [0.25, 0.3) is 0 Å². The van der Waals surface area contributed by atoms with E-state index in [2.05, 4.69) is 4.98 Å². The minimum absolute atomic E-state index is 0.562. The summed E-state index contributed by atoms with van der Waals surface area (Å²) in [4.78, 5) is 11.8. The van der Waals surface area contributed by atoms with Gasteiger partial charge in [0.1, 0.15) is 0 Å². The number of nitrogens with two attached hydrogens (primary N) is 1. The lowest BCUT2D eigenvalue weighted by atomic mass is 10.3. The summed E-state index contributed by atoms with van der Waals surface area (Å²) in [5.74, 6) is -2.69. The van der Waals surface area contributed by atoms with E-state index >= 15 is 0 Å². The fraction of sp³-hybridized carbons (Fsp3) is 0.167. The molecule has 1 heterocycles. The SMILES string of the molecule is Nc1cc(C(F)F)nc([N+](=O)[O-])c1F. The monoisotopic (exact) mass is 207 g/mol. The van der Waals surface area contributed by atoms with E-state index in [0.717, 1.165) is 0 Å². The summed E-state index contributed by atoms with van der Waals surface area (Å²) < 4.78 is 36.9. The maximum Gasteiger partial charge on any atom is 0.402 e. The summed E-state index contributed by atoms with van der Waals surface area (Å²) in [5.41, 5.74) is 3.30. The van der Waals surface area contributed by atoms with Crippen LogP contribution in [-0.4, -0.2) is 9.91 Å². The van der Waals surface area contributed by atoms with E-state index in [-0.39, 0.29) is 0 Å². The van der Waals surface area contributed by atoms with Crippen LogP contribution in [-0.2, 0) is 0 Å². The van der Waals surface area contributed by atoms with Gasteiger partial charge in [-0.05, 0) is 9.91 Å². The number of pyridine rings is 1. The van der Waals surface area contributed by atoms with Crippen LogP contribution in [0.2, 0.25) is 0 Å². The van der Waals surface area contributed by atoms with Gasteiger partial charge >= 0.3 is 12.2 Å². The molecule has 0 aliphatic rings. The number of anilines is 1. The van der Waals surface area contributed by atoms with Gasteiger partial charge in [0, 0.05) is 6.07 Å². The summed E-state index contributed by atoms with van der Waals surface area (Å²) in [7, 11) is 0. The number of rotatable bonds is 2. The van der Waals surface area contributed by atoms with Gasteiger partial charge in [0.15, 0.2) is 0 Å². The van der Waals surface area contributed by atoms with Gasteiger partial charge in [-0.3, -0.25) is 0 Å². The maximum atomic E-state index is 12.8. The van der Waals surface area contributed by atoms with Crippen molar-refractivity contribution < 1.29 is 18.1 Å². The highest BCUT2D eigenvalue weighted by molar-refractivity contribution is 5.47. The zero-order valence-corrected chi connectivity index (χ0v) is 6.58. The van der Waals surface area contributed by atoms with Crippen molar-refractivity contribution in [3.05, 3.63) is 27.7 Å². The second-order valence-corrected chi connectivity index (χ2v) is 2.33. The maximum absolute atomic E-state index is 12.8. The molecular formula is C6H4F3N3O2. The molecule has 0 saturated carbocycles. The van der Waals surface area contributed by atoms with Crippen LogP contribution in [0, 0.1) is 15.9 Å². The van der Waals surface area contributed by atoms with E-state index in [9.17, 15) is 23.3 Å². The number of alkyl halides is 2. The minimum Gasteiger partial charge on any atom is -0.396 e. The average Bonchev–Trinajstić information content (AvgIpc) is 2.08. The standard InChI is InChI=1S/C6H4F3N3O2/c7-4-2(10)1-3(5(8)9)11-6(4)12(13)14/h1,5H,(H2,10,11). The Kier molecular flexibility index (Phi) is 2.54. The van der Waals surface area contributed by atoms with E-state index < -0.39 is 34.4 Å².